The molecule has 1 aliphatic heterocycles. The number of amides is 1. The zero-order chi connectivity index (χ0) is 20.5. The van der Waals surface area contributed by atoms with Crippen molar-refractivity contribution in [3.63, 3.8) is 0 Å². The largest absolute Gasteiger partial charge is 0.490 e. The van der Waals surface area contributed by atoms with Crippen molar-refractivity contribution in [1.29, 1.82) is 0 Å². The van der Waals surface area contributed by atoms with E-state index in [1.165, 1.54) is 6.08 Å². The summed E-state index contributed by atoms with van der Waals surface area (Å²) < 4.78 is 16.2. The fraction of sp³-hybridized carbons (Fsp3) is 0.304. The summed E-state index contributed by atoms with van der Waals surface area (Å²) in [5.41, 5.74) is 1.93. The Labute approximate surface area is 170 Å². The second-order valence-electron chi connectivity index (χ2n) is 6.81. The van der Waals surface area contributed by atoms with E-state index >= 15 is 0 Å². The number of nitrogens with one attached hydrogen (secondary N) is 1. The zero-order valence-corrected chi connectivity index (χ0v) is 16.4. The Morgan fingerprint density at radius 3 is 2.66 bits per heavy atom. The molecule has 0 saturated heterocycles. The number of carbonyl (C=O) groups excluding carboxylic acids is 2. The second-order valence-corrected chi connectivity index (χ2v) is 6.81. The molecule has 0 saturated carbocycles. The third-order valence-corrected chi connectivity index (χ3v) is 4.50. The van der Waals surface area contributed by atoms with Crippen molar-refractivity contribution in [2.75, 3.05) is 26.4 Å². The van der Waals surface area contributed by atoms with E-state index in [-0.39, 0.29) is 18.4 Å². The number of hydrogen-bond donors (Lipinski definition) is 1. The number of benzene rings is 2. The fourth-order valence-electron chi connectivity index (χ4n) is 2.85. The predicted octanol–water partition coefficient (Wildman–Crippen LogP) is 3.32. The summed E-state index contributed by atoms with van der Waals surface area (Å²) in [4.78, 5) is 23.8. The highest BCUT2D eigenvalue weighted by atomic mass is 16.5. The quantitative estimate of drug-likeness (QED) is 0.575. The third kappa shape index (κ3) is 6.38. The van der Waals surface area contributed by atoms with Crippen LogP contribution in [0.4, 0.5) is 0 Å². The van der Waals surface area contributed by atoms with Gasteiger partial charge in [-0.15, -0.1) is 0 Å². The monoisotopic (exact) mass is 395 g/mol. The minimum absolute atomic E-state index is 0.176. The minimum atomic E-state index is -0.580. The van der Waals surface area contributed by atoms with Crippen LogP contribution >= 0.6 is 0 Å². The second kappa shape index (κ2) is 10.3. The first kappa shape index (κ1) is 20.5. The molecule has 1 atom stereocenters. The number of esters is 1. The van der Waals surface area contributed by atoms with Crippen LogP contribution in [0.25, 0.3) is 6.08 Å². The number of rotatable bonds is 7. The number of ether oxygens (including phenoxy) is 3. The van der Waals surface area contributed by atoms with Gasteiger partial charge in [0.25, 0.3) is 5.91 Å². The van der Waals surface area contributed by atoms with Gasteiger partial charge in [-0.05, 0) is 35.3 Å². The molecule has 1 heterocycles. The van der Waals surface area contributed by atoms with Gasteiger partial charge in [-0.1, -0.05) is 43.3 Å². The van der Waals surface area contributed by atoms with Gasteiger partial charge in [0.05, 0.1) is 13.2 Å². The van der Waals surface area contributed by atoms with E-state index in [1.807, 2.05) is 55.5 Å². The van der Waals surface area contributed by atoms with E-state index in [0.29, 0.717) is 31.3 Å². The lowest BCUT2D eigenvalue weighted by molar-refractivity contribution is -0.143. The van der Waals surface area contributed by atoms with Gasteiger partial charge in [-0.3, -0.25) is 4.79 Å². The Balaban J connectivity index is 1.42. The summed E-state index contributed by atoms with van der Waals surface area (Å²) in [7, 11) is 0. The Morgan fingerprint density at radius 1 is 1.10 bits per heavy atom. The van der Waals surface area contributed by atoms with E-state index < -0.39 is 5.97 Å². The van der Waals surface area contributed by atoms with Crippen molar-refractivity contribution in [2.24, 2.45) is 0 Å². The molecule has 1 aliphatic rings. The van der Waals surface area contributed by atoms with Gasteiger partial charge >= 0.3 is 5.97 Å². The molecule has 0 bridgehead atoms. The molecule has 0 fully saturated rings. The van der Waals surface area contributed by atoms with Crippen LogP contribution in [0, 0.1) is 0 Å². The highest BCUT2D eigenvalue weighted by molar-refractivity contribution is 5.89. The third-order valence-electron chi connectivity index (χ3n) is 4.50. The number of carbonyl (C=O) groups is 2. The molecule has 0 aliphatic carbocycles. The lowest BCUT2D eigenvalue weighted by Gasteiger charge is -2.12. The zero-order valence-electron chi connectivity index (χ0n) is 16.4. The number of fused-ring (bicyclic) bond motifs is 1. The molecule has 6 heteroatoms. The lowest BCUT2D eigenvalue weighted by atomic mass is 10.0. The Hall–Kier alpha value is -3.28. The molecule has 0 unspecified atom stereocenters. The average molecular weight is 395 g/mol. The van der Waals surface area contributed by atoms with Crippen molar-refractivity contribution in [2.45, 2.75) is 19.3 Å². The molecule has 29 heavy (non-hydrogen) atoms. The SMILES string of the molecule is C[C@H](CNC(=O)COC(=O)/C=C/c1ccc2c(c1)OCCCO2)c1ccccc1. The van der Waals surface area contributed by atoms with E-state index in [2.05, 4.69) is 5.32 Å². The molecule has 1 amide bonds. The first-order chi connectivity index (χ1) is 14.1. The molecule has 0 radical (unpaired) electrons. The molecular weight excluding hydrogens is 370 g/mol. The summed E-state index contributed by atoms with van der Waals surface area (Å²) in [5.74, 6) is 0.622. The average Bonchev–Trinajstić information content (AvgIpc) is 3.00. The van der Waals surface area contributed by atoms with Gasteiger partial charge < -0.3 is 19.5 Å². The van der Waals surface area contributed by atoms with Gasteiger partial charge in [0.2, 0.25) is 0 Å². The Kier molecular flexibility index (Phi) is 7.28. The Morgan fingerprint density at radius 2 is 1.86 bits per heavy atom. The maximum atomic E-state index is 11.9. The van der Waals surface area contributed by atoms with Crippen LogP contribution in [0.1, 0.15) is 30.4 Å². The van der Waals surface area contributed by atoms with Crippen LogP contribution in [0.2, 0.25) is 0 Å². The van der Waals surface area contributed by atoms with Crippen molar-refractivity contribution in [1.82, 2.24) is 5.32 Å². The predicted molar refractivity (Wildman–Crippen MR) is 110 cm³/mol. The van der Waals surface area contributed by atoms with Crippen LogP contribution in [0.3, 0.4) is 0 Å². The van der Waals surface area contributed by atoms with Crippen LogP contribution in [0.5, 0.6) is 11.5 Å². The number of hydrogen-bond acceptors (Lipinski definition) is 5. The maximum absolute atomic E-state index is 11.9. The van der Waals surface area contributed by atoms with E-state index in [0.717, 1.165) is 17.5 Å². The highest BCUT2D eigenvalue weighted by Crippen LogP contribution is 2.30. The standard InChI is InChI=1S/C23H25NO5/c1-17(19-6-3-2-4-7-19)15-24-22(25)16-29-23(26)11-9-18-8-10-20-21(14-18)28-13-5-12-27-20/h2-4,6-11,14,17H,5,12-13,15-16H2,1H3,(H,24,25)/b11-9+/t17-/m1/s1. The van der Waals surface area contributed by atoms with Gasteiger partial charge in [0.15, 0.2) is 18.1 Å². The molecule has 152 valence electrons. The van der Waals surface area contributed by atoms with Gasteiger partial charge in [-0.2, -0.15) is 0 Å². The molecule has 0 spiro atoms. The van der Waals surface area contributed by atoms with E-state index in [1.54, 1.807) is 6.08 Å². The van der Waals surface area contributed by atoms with Crippen molar-refractivity contribution >= 4 is 18.0 Å². The van der Waals surface area contributed by atoms with Crippen molar-refractivity contribution in [3.8, 4) is 11.5 Å². The van der Waals surface area contributed by atoms with E-state index in [4.69, 9.17) is 14.2 Å². The smallest absolute Gasteiger partial charge is 0.331 e. The Bertz CT molecular complexity index is 863. The molecule has 2 aromatic rings. The normalized spacial score (nSPS) is 14.1. The summed E-state index contributed by atoms with van der Waals surface area (Å²) in [6.07, 6.45) is 3.74. The highest BCUT2D eigenvalue weighted by Gasteiger charge is 2.11. The van der Waals surface area contributed by atoms with Crippen LogP contribution in [-0.2, 0) is 14.3 Å². The van der Waals surface area contributed by atoms with Crippen LogP contribution in [0.15, 0.2) is 54.6 Å². The first-order valence-corrected chi connectivity index (χ1v) is 9.68. The minimum Gasteiger partial charge on any atom is -0.490 e. The summed E-state index contributed by atoms with van der Waals surface area (Å²) >= 11 is 0. The van der Waals surface area contributed by atoms with Crippen molar-refractivity contribution < 1.29 is 23.8 Å². The van der Waals surface area contributed by atoms with Gasteiger partial charge in [0, 0.05) is 19.0 Å². The lowest BCUT2D eigenvalue weighted by Crippen LogP contribution is -2.31. The molecule has 2 aromatic carbocycles. The molecule has 6 nitrogen and oxygen atoms in total. The molecular formula is C23H25NO5. The van der Waals surface area contributed by atoms with Crippen LogP contribution < -0.4 is 14.8 Å². The molecule has 1 N–H and O–H groups in total. The fourth-order valence-corrected chi connectivity index (χ4v) is 2.85. The van der Waals surface area contributed by atoms with Crippen LogP contribution in [-0.4, -0.2) is 38.2 Å². The first-order valence-electron chi connectivity index (χ1n) is 9.68. The topological polar surface area (TPSA) is 73.9 Å². The summed E-state index contributed by atoms with van der Waals surface area (Å²) in [6, 6.07) is 15.4. The van der Waals surface area contributed by atoms with Gasteiger partial charge in [0.1, 0.15) is 0 Å². The molecule has 0 aromatic heterocycles. The van der Waals surface area contributed by atoms with Gasteiger partial charge in [-0.25, -0.2) is 4.79 Å². The summed E-state index contributed by atoms with van der Waals surface area (Å²) in [6.45, 7) is 3.42. The summed E-state index contributed by atoms with van der Waals surface area (Å²) in [5, 5.41) is 2.78. The molecule has 3 rings (SSSR count). The van der Waals surface area contributed by atoms with E-state index in [9.17, 15) is 9.59 Å². The van der Waals surface area contributed by atoms with Crippen molar-refractivity contribution in [3.05, 3.63) is 65.7 Å². The maximum Gasteiger partial charge on any atom is 0.331 e.